The normalized spacial score (nSPS) is 16.4. The Balaban J connectivity index is 0.000000429. The summed E-state index contributed by atoms with van der Waals surface area (Å²) in [5.41, 5.74) is 8.54. The van der Waals surface area contributed by atoms with Gasteiger partial charge in [-0.05, 0) is 42.3 Å². The summed E-state index contributed by atoms with van der Waals surface area (Å²) in [5.74, 6) is -3.26. The SMILES string of the molecule is NC(C(=O)N1CCC(C(=O)Nc2ccc3[nH]ncc3c2)C1)c1cccc(Br)c1.O=C(O)C(F)(F)F. The van der Waals surface area contributed by atoms with E-state index in [2.05, 4.69) is 31.4 Å². The lowest BCUT2D eigenvalue weighted by molar-refractivity contribution is -0.192. The van der Waals surface area contributed by atoms with E-state index in [0.717, 1.165) is 26.6 Å². The molecule has 0 radical (unpaired) electrons. The number of nitrogens with two attached hydrogens (primary N) is 1. The molecular formula is C22H21BrF3N5O4. The molecule has 2 unspecified atom stereocenters. The Hall–Kier alpha value is -3.45. The average molecular weight is 556 g/mol. The third-order valence-corrected chi connectivity index (χ3v) is 5.79. The van der Waals surface area contributed by atoms with Gasteiger partial charge in [0.2, 0.25) is 11.8 Å². The molecule has 2 atom stereocenters. The van der Waals surface area contributed by atoms with Gasteiger partial charge in [0.15, 0.2) is 0 Å². The fourth-order valence-corrected chi connectivity index (χ4v) is 3.90. The number of nitrogens with zero attached hydrogens (tertiary/aromatic N) is 2. The van der Waals surface area contributed by atoms with Crippen LogP contribution in [0.3, 0.4) is 0 Å². The zero-order chi connectivity index (χ0) is 25.8. The van der Waals surface area contributed by atoms with Crippen LogP contribution in [-0.4, -0.2) is 57.3 Å². The van der Waals surface area contributed by atoms with Crippen molar-refractivity contribution in [2.24, 2.45) is 11.7 Å². The average Bonchev–Trinajstić information content (AvgIpc) is 3.47. The first-order chi connectivity index (χ1) is 16.5. The van der Waals surface area contributed by atoms with Crippen LogP contribution < -0.4 is 11.1 Å². The van der Waals surface area contributed by atoms with E-state index in [1.165, 1.54) is 0 Å². The van der Waals surface area contributed by atoms with E-state index in [0.29, 0.717) is 19.5 Å². The molecule has 0 spiro atoms. The Morgan fingerprint density at radius 1 is 1.23 bits per heavy atom. The number of carboxylic acid groups (broad SMARTS) is 1. The van der Waals surface area contributed by atoms with Gasteiger partial charge in [-0.1, -0.05) is 28.1 Å². The van der Waals surface area contributed by atoms with Gasteiger partial charge in [0.05, 0.1) is 17.6 Å². The second-order valence-corrected chi connectivity index (χ2v) is 8.68. The van der Waals surface area contributed by atoms with Crippen molar-refractivity contribution in [3.05, 3.63) is 58.7 Å². The van der Waals surface area contributed by atoms with Crippen molar-refractivity contribution in [2.45, 2.75) is 18.6 Å². The van der Waals surface area contributed by atoms with E-state index >= 15 is 0 Å². The first-order valence-corrected chi connectivity index (χ1v) is 11.1. The number of hydrogen-bond acceptors (Lipinski definition) is 5. The van der Waals surface area contributed by atoms with Crippen LogP contribution in [0.2, 0.25) is 0 Å². The van der Waals surface area contributed by atoms with Gasteiger partial charge in [-0.2, -0.15) is 18.3 Å². The van der Waals surface area contributed by atoms with Gasteiger partial charge in [0.25, 0.3) is 0 Å². The van der Waals surface area contributed by atoms with E-state index in [-0.39, 0.29) is 17.7 Å². The van der Waals surface area contributed by atoms with Gasteiger partial charge in [0, 0.05) is 28.6 Å². The highest BCUT2D eigenvalue weighted by molar-refractivity contribution is 9.10. The standard InChI is InChI=1S/C20H20BrN5O2.C2HF3O2/c21-15-3-1-2-12(8-15)18(22)20(28)26-7-6-13(11-26)19(27)24-16-4-5-17-14(9-16)10-23-25-17;3-2(4,5)1(6)7/h1-5,8-10,13,18H,6-7,11,22H2,(H,23,25)(H,24,27);(H,6,7). The number of hydrogen-bond donors (Lipinski definition) is 4. The molecule has 9 nitrogen and oxygen atoms in total. The van der Waals surface area contributed by atoms with Gasteiger partial charge >= 0.3 is 12.1 Å². The number of anilines is 1. The summed E-state index contributed by atoms with van der Waals surface area (Å²) in [6, 6.07) is 12.3. The second kappa shape index (κ2) is 10.9. The van der Waals surface area contributed by atoms with Crippen LogP contribution >= 0.6 is 15.9 Å². The molecule has 1 fully saturated rings. The van der Waals surface area contributed by atoms with Crippen molar-refractivity contribution in [1.29, 1.82) is 0 Å². The van der Waals surface area contributed by atoms with Crippen LogP contribution in [0.5, 0.6) is 0 Å². The lowest BCUT2D eigenvalue weighted by Gasteiger charge is -2.21. The molecule has 1 aromatic heterocycles. The number of rotatable bonds is 4. The van der Waals surface area contributed by atoms with Crippen LogP contribution in [0.1, 0.15) is 18.0 Å². The van der Waals surface area contributed by atoms with Crippen molar-refractivity contribution < 1.29 is 32.7 Å². The molecule has 2 heterocycles. The fraction of sp³-hybridized carbons (Fsp3) is 0.273. The quantitative estimate of drug-likeness (QED) is 0.388. The number of likely N-dealkylation sites (tertiary alicyclic amines) is 1. The van der Waals surface area contributed by atoms with E-state index in [4.69, 9.17) is 15.6 Å². The molecule has 3 aromatic rings. The predicted molar refractivity (Wildman–Crippen MR) is 124 cm³/mol. The molecule has 35 heavy (non-hydrogen) atoms. The zero-order valence-corrected chi connectivity index (χ0v) is 19.6. The van der Waals surface area contributed by atoms with Gasteiger partial charge in [-0.25, -0.2) is 4.79 Å². The molecule has 2 aromatic carbocycles. The third-order valence-electron chi connectivity index (χ3n) is 5.29. The third kappa shape index (κ3) is 6.79. The number of nitrogens with one attached hydrogen (secondary N) is 2. The first kappa shape index (κ1) is 26.2. The summed E-state index contributed by atoms with van der Waals surface area (Å²) >= 11 is 3.40. The van der Waals surface area contributed by atoms with Crippen LogP contribution in [-0.2, 0) is 14.4 Å². The van der Waals surface area contributed by atoms with Gasteiger partial charge in [-0.15, -0.1) is 0 Å². The molecule has 5 N–H and O–H groups in total. The van der Waals surface area contributed by atoms with Crippen LogP contribution in [0.15, 0.2) is 53.1 Å². The maximum atomic E-state index is 12.7. The summed E-state index contributed by atoms with van der Waals surface area (Å²) in [6.45, 7) is 0.902. The number of halogens is 4. The summed E-state index contributed by atoms with van der Waals surface area (Å²) < 4.78 is 32.6. The van der Waals surface area contributed by atoms with Crippen molar-refractivity contribution >= 4 is 50.3 Å². The highest BCUT2D eigenvalue weighted by atomic mass is 79.9. The molecule has 4 rings (SSSR count). The van der Waals surface area contributed by atoms with Crippen LogP contribution in [0, 0.1) is 5.92 Å². The number of amides is 2. The highest BCUT2D eigenvalue weighted by Crippen LogP contribution is 2.24. The Morgan fingerprint density at radius 2 is 1.94 bits per heavy atom. The smallest absolute Gasteiger partial charge is 0.475 e. The van der Waals surface area contributed by atoms with Gasteiger partial charge in [0.1, 0.15) is 6.04 Å². The van der Waals surface area contributed by atoms with E-state index in [1.54, 1.807) is 11.1 Å². The van der Waals surface area contributed by atoms with E-state index < -0.39 is 18.2 Å². The van der Waals surface area contributed by atoms with Crippen molar-refractivity contribution in [3.63, 3.8) is 0 Å². The minimum Gasteiger partial charge on any atom is -0.475 e. The number of aliphatic carboxylic acids is 1. The fourth-order valence-electron chi connectivity index (χ4n) is 3.48. The molecule has 1 saturated heterocycles. The lowest BCUT2D eigenvalue weighted by atomic mass is 10.1. The van der Waals surface area contributed by atoms with Crippen LogP contribution in [0.4, 0.5) is 18.9 Å². The molecule has 0 aliphatic carbocycles. The van der Waals surface area contributed by atoms with Crippen molar-refractivity contribution in [2.75, 3.05) is 18.4 Å². The minimum absolute atomic E-state index is 0.0887. The monoisotopic (exact) mass is 555 g/mol. The number of carbonyl (C=O) groups excluding carboxylic acids is 2. The highest BCUT2D eigenvalue weighted by Gasteiger charge is 2.38. The van der Waals surface area contributed by atoms with E-state index in [9.17, 15) is 22.8 Å². The molecule has 0 saturated carbocycles. The van der Waals surface area contributed by atoms with Gasteiger partial charge < -0.3 is 21.1 Å². The number of benzene rings is 2. The first-order valence-electron chi connectivity index (χ1n) is 10.3. The molecule has 186 valence electrons. The van der Waals surface area contributed by atoms with E-state index in [1.807, 2.05) is 42.5 Å². The molecular weight excluding hydrogens is 535 g/mol. The largest absolute Gasteiger partial charge is 0.490 e. The molecule has 13 heteroatoms. The topological polar surface area (TPSA) is 141 Å². The van der Waals surface area contributed by atoms with Crippen LogP contribution in [0.25, 0.3) is 10.9 Å². The molecule has 2 amide bonds. The summed E-state index contributed by atoms with van der Waals surface area (Å²) in [7, 11) is 0. The summed E-state index contributed by atoms with van der Waals surface area (Å²) in [5, 5.41) is 17.9. The number of aromatic nitrogens is 2. The number of fused-ring (bicyclic) bond motifs is 1. The molecule has 1 aliphatic rings. The second-order valence-electron chi connectivity index (χ2n) is 7.77. The summed E-state index contributed by atoms with van der Waals surface area (Å²) in [4.78, 5) is 35.9. The number of H-pyrrole nitrogens is 1. The number of carboxylic acids is 1. The van der Waals surface area contributed by atoms with Gasteiger partial charge in [-0.3, -0.25) is 14.7 Å². The number of aromatic amines is 1. The lowest BCUT2D eigenvalue weighted by Crippen LogP contribution is -2.38. The zero-order valence-electron chi connectivity index (χ0n) is 18.1. The Kier molecular flexibility index (Phi) is 8.12. The van der Waals surface area contributed by atoms with Crippen molar-refractivity contribution in [1.82, 2.24) is 15.1 Å². The number of carbonyl (C=O) groups is 3. The minimum atomic E-state index is -5.08. The Bertz CT molecular complexity index is 1230. The molecule has 1 aliphatic heterocycles. The maximum absolute atomic E-state index is 12.7. The van der Waals surface area contributed by atoms with Crippen molar-refractivity contribution in [3.8, 4) is 0 Å². The Morgan fingerprint density at radius 3 is 2.60 bits per heavy atom. The predicted octanol–water partition coefficient (Wildman–Crippen LogP) is 3.45. The molecule has 0 bridgehead atoms. The maximum Gasteiger partial charge on any atom is 0.490 e. The summed E-state index contributed by atoms with van der Waals surface area (Å²) in [6.07, 6.45) is -2.75. The Labute approximate surface area is 205 Å². The number of alkyl halides is 3.